The molecule has 1 unspecified atom stereocenters. The lowest BCUT2D eigenvalue weighted by molar-refractivity contribution is 0.0953. The van der Waals surface area contributed by atoms with Crippen LogP contribution in [0.5, 0.6) is 0 Å². The minimum Gasteiger partial charge on any atom is -0.352 e. The van der Waals surface area contributed by atoms with E-state index in [1.807, 2.05) is 12.1 Å². The third-order valence-corrected chi connectivity index (χ3v) is 7.65. The highest BCUT2D eigenvalue weighted by Gasteiger charge is 2.25. The van der Waals surface area contributed by atoms with Crippen LogP contribution in [0.25, 0.3) is 10.8 Å². The topological polar surface area (TPSA) is 35.0 Å². The molecule has 0 saturated carbocycles. The molecule has 0 saturated heterocycles. The van der Waals surface area contributed by atoms with Crippen molar-refractivity contribution in [2.75, 3.05) is 13.1 Å². The Hall–Kier alpha value is -2.65. The van der Waals surface area contributed by atoms with Crippen molar-refractivity contribution in [1.29, 1.82) is 0 Å². The van der Waals surface area contributed by atoms with Gasteiger partial charge in [0.05, 0.1) is 0 Å². The quantitative estimate of drug-likeness (QED) is 0.146. The molecule has 0 heterocycles. The first-order chi connectivity index (χ1) is 18.1. The Balaban J connectivity index is 1.40. The number of amides is 1. The van der Waals surface area contributed by atoms with Crippen LogP contribution in [0, 0.1) is 0 Å². The first-order valence-electron chi connectivity index (χ1n) is 14.7. The lowest BCUT2D eigenvalue weighted by atomic mass is 9.98. The molecule has 0 spiro atoms. The van der Waals surface area contributed by atoms with Crippen LogP contribution in [0.1, 0.15) is 113 Å². The maximum absolute atomic E-state index is 12.6. The molecule has 0 bridgehead atoms. The van der Waals surface area contributed by atoms with Crippen LogP contribution in [-0.2, 0) is 6.54 Å². The fourth-order valence-electron chi connectivity index (χ4n) is 5.25. The maximum atomic E-state index is 12.6. The van der Waals surface area contributed by atoms with Gasteiger partial charge in [0, 0.05) is 23.2 Å². The molecule has 1 atom stereocenters. The van der Waals surface area contributed by atoms with Crippen molar-refractivity contribution in [2.45, 2.75) is 97.6 Å². The summed E-state index contributed by atoms with van der Waals surface area (Å²) in [7, 11) is 0. The number of carbonyl (C=O) groups is 1. The van der Waals surface area contributed by atoms with Crippen LogP contribution >= 0.6 is 0 Å². The Bertz CT molecular complexity index is 1050. The molecule has 1 amide bonds. The van der Waals surface area contributed by atoms with E-state index in [0.717, 1.165) is 31.6 Å². The average molecular weight is 501 g/mol. The Kier molecular flexibility index (Phi) is 12.7. The predicted molar refractivity (Wildman–Crippen MR) is 159 cm³/mol. The summed E-state index contributed by atoms with van der Waals surface area (Å²) in [6.07, 6.45) is 13.1. The molecule has 0 aliphatic rings. The summed E-state index contributed by atoms with van der Waals surface area (Å²) >= 11 is 0. The molecule has 0 fully saturated rings. The Labute approximate surface area is 225 Å². The van der Waals surface area contributed by atoms with Gasteiger partial charge in [0.15, 0.2) is 6.04 Å². The van der Waals surface area contributed by atoms with Crippen molar-refractivity contribution in [1.82, 2.24) is 10.2 Å². The predicted octanol–water partition coefficient (Wildman–Crippen LogP) is 8.91. The largest absolute Gasteiger partial charge is 0.352 e. The van der Waals surface area contributed by atoms with E-state index in [-0.39, 0.29) is 5.91 Å². The van der Waals surface area contributed by atoms with Crippen LogP contribution < -0.4 is 10.2 Å². The normalized spacial score (nSPS) is 12.2. The molecule has 3 nitrogen and oxygen atoms in total. The SMILES string of the molecule is CCCCCCCCCCCCNC(=O)c1ccc(C[N+](CC)C(C)c2cccc3ccccc23)cc1. The zero-order valence-electron chi connectivity index (χ0n) is 23.5. The maximum Gasteiger partial charge on any atom is 0.251 e. The Morgan fingerprint density at radius 3 is 2.05 bits per heavy atom. The van der Waals surface area contributed by atoms with Crippen molar-refractivity contribution < 1.29 is 4.79 Å². The van der Waals surface area contributed by atoms with E-state index in [2.05, 4.69) is 85.6 Å². The summed E-state index contributed by atoms with van der Waals surface area (Å²) in [4.78, 5) is 15.1. The highest BCUT2D eigenvalue weighted by molar-refractivity contribution is 5.94. The zero-order valence-corrected chi connectivity index (χ0v) is 23.5. The Morgan fingerprint density at radius 1 is 0.757 bits per heavy atom. The summed E-state index contributed by atoms with van der Waals surface area (Å²) in [5.41, 5.74) is 3.35. The second-order valence-corrected chi connectivity index (χ2v) is 10.4. The standard InChI is InChI=1S/C34H48N2O/c1-4-6-7-8-9-10-11-12-13-16-26-35-34(37)31-24-22-29(23-25-31)27-36(5-2)28(3)32-21-17-19-30-18-14-15-20-33(30)32/h14-15,17-25,28H,4-13,16,26-27H2,1-3H3,(H,35,37)/q+1. The van der Waals surface area contributed by atoms with E-state index >= 15 is 0 Å². The van der Waals surface area contributed by atoms with Crippen LogP contribution in [0.2, 0.25) is 0 Å². The molecular formula is C34H48N2O+. The lowest BCUT2D eigenvalue weighted by Crippen LogP contribution is -2.32. The second-order valence-electron chi connectivity index (χ2n) is 10.4. The summed E-state index contributed by atoms with van der Waals surface area (Å²) in [6, 6.07) is 23.7. The average Bonchev–Trinajstić information content (AvgIpc) is 2.94. The summed E-state index contributed by atoms with van der Waals surface area (Å²) in [6.45, 7) is 9.37. The molecule has 3 heteroatoms. The number of carbonyl (C=O) groups excluding carboxylic acids is 1. The summed E-state index contributed by atoms with van der Waals surface area (Å²) in [5.74, 6) is 0.0407. The third kappa shape index (κ3) is 9.31. The van der Waals surface area contributed by atoms with E-state index in [1.54, 1.807) is 0 Å². The lowest BCUT2D eigenvalue weighted by Gasteiger charge is -2.20. The van der Waals surface area contributed by atoms with Crippen LogP contribution in [-0.4, -0.2) is 19.0 Å². The van der Waals surface area contributed by atoms with Crippen molar-refractivity contribution >= 4 is 16.7 Å². The number of benzene rings is 3. The molecule has 1 N–H and O–H groups in total. The minimum absolute atomic E-state index is 0.0407. The molecule has 1 radical (unpaired) electrons. The molecule has 0 aliphatic carbocycles. The van der Waals surface area contributed by atoms with Gasteiger partial charge in [-0.3, -0.25) is 4.79 Å². The second kappa shape index (κ2) is 16.2. The van der Waals surface area contributed by atoms with Gasteiger partial charge in [0.2, 0.25) is 0 Å². The van der Waals surface area contributed by atoms with Gasteiger partial charge in [-0.1, -0.05) is 119 Å². The Morgan fingerprint density at radius 2 is 1.38 bits per heavy atom. The van der Waals surface area contributed by atoms with Gasteiger partial charge in [0.1, 0.15) is 13.1 Å². The summed E-state index contributed by atoms with van der Waals surface area (Å²) in [5, 5.41) is 5.72. The van der Waals surface area contributed by atoms with Crippen molar-refractivity contribution in [3.63, 3.8) is 0 Å². The number of unbranched alkanes of at least 4 members (excludes halogenated alkanes) is 9. The van der Waals surface area contributed by atoms with Crippen molar-refractivity contribution in [3.8, 4) is 0 Å². The van der Waals surface area contributed by atoms with Gasteiger partial charge in [0.25, 0.3) is 5.91 Å². The van der Waals surface area contributed by atoms with Crippen molar-refractivity contribution in [2.24, 2.45) is 0 Å². The van der Waals surface area contributed by atoms with Gasteiger partial charge in [-0.2, -0.15) is 4.90 Å². The molecule has 3 rings (SSSR count). The highest BCUT2D eigenvalue weighted by atomic mass is 16.1. The number of hydrogen-bond donors (Lipinski definition) is 1. The molecular weight excluding hydrogens is 452 g/mol. The van der Waals surface area contributed by atoms with Crippen LogP contribution in [0.4, 0.5) is 0 Å². The molecule has 199 valence electrons. The van der Waals surface area contributed by atoms with Gasteiger partial charge < -0.3 is 5.32 Å². The molecule has 0 aromatic heterocycles. The van der Waals surface area contributed by atoms with E-state index in [9.17, 15) is 4.79 Å². The molecule has 3 aromatic carbocycles. The van der Waals surface area contributed by atoms with Gasteiger partial charge >= 0.3 is 0 Å². The van der Waals surface area contributed by atoms with Gasteiger partial charge in [-0.25, -0.2) is 0 Å². The van der Waals surface area contributed by atoms with E-state index in [4.69, 9.17) is 0 Å². The van der Waals surface area contributed by atoms with Crippen LogP contribution in [0.15, 0.2) is 66.7 Å². The van der Waals surface area contributed by atoms with E-state index in [0.29, 0.717) is 6.04 Å². The molecule has 3 aromatic rings. The number of nitrogens with zero attached hydrogens (tertiary/aromatic N) is 1. The monoisotopic (exact) mass is 500 g/mol. The smallest absolute Gasteiger partial charge is 0.251 e. The number of fused-ring (bicyclic) bond motifs is 1. The minimum atomic E-state index is 0.0407. The molecule has 37 heavy (non-hydrogen) atoms. The highest BCUT2D eigenvalue weighted by Crippen LogP contribution is 2.27. The number of hydrogen-bond acceptors (Lipinski definition) is 2. The van der Waals surface area contributed by atoms with E-state index < -0.39 is 0 Å². The molecule has 0 aliphatic heterocycles. The van der Waals surface area contributed by atoms with Crippen LogP contribution in [0.3, 0.4) is 0 Å². The first kappa shape index (κ1) is 28.9. The third-order valence-electron chi connectivity index (χ3n) is 7.65. The number of rotatable bonds is 17. The fraction of sp³-hybridized carbons (Fsp3) is 0.500. The van der Waals surface area contributed by atoms with Gasteiger partial charge in [-0.05, 0) is 43.2 Å². The number of nitrogens with one attached hydrogen (secondary N) is 1. The van der Waals surface area contributed by atoms with Crippen molar-refractivity contribution in [3.05, 3.63) is 83.4 Å². The van der Waals surface area contributed by atoms with E-state index in [1.165, 1.54) is 79.7 Å². The van der Waals surface area contributed by atoms with Gasteiger partial charge in [-0.15, -0.1) is 0 Å². The summed E-state index contributed by atoms with van der Waals surface area (Å²) < 4.78 is 0. The fourth-order valence-corrected chi connectivity index (χ4v) is 5.25. The first-order valence-corrected chi connectivity index (χ1v) is 14.7. The zero-order chi connectivity index (χ0) is 26.3.